The fraction of sp³-hybridized carbons (Fsp3) is 0.280. The smallest absolute Gasteiger partial charge is 0.161 e. The van der Waals surface area contributed by atoms with Gasteiger partial charge in [0.2, 0.25) is 0 Å². The summed E-state index contributed by atoms with van der Waals surface area (Å²) in [7, 11) is 0. The molecule has 0 radical (unpaired) electrons. The lowest BCUT2D eigenvalue weighted by atomic mass is 9.56. The molecule has 0 unspecified atom stereocenters. The third-order valence-electron chi connectivity index (χ3n) is 6.38. The second-order valence-corrected chi connectivity index (χ2v) is 7.95. The summed E-state index contributed by atoms with van der Waals surface area (Å²) < 4.78 is 0. The molecular formula is C25H26O5. The van der Waals surface area contributed by atoms with Crippen molar-refractivity contribution in [2.45, 2.75) is 36.6 Å². The molecule has 0 aliphatic heterocycles. The lowest BCUT2D eigenvalue weighted by Gasteiger charge is -2.48. The summed E-state index contributed by atoms with van der Waals surface area (Å²) in [4.78, 5) is 0. The van der Waals surface area contributed by atoms with Crippen molar-refractivity contribution >= 4 is 0 Å². The van der Waals surface area contributed by atoms with Crippen molar-refractivity contribution in [3.8, 4) is 11.5 Å². The molecule has 5 N–H and O–H groups in total. The molecule has 4 rings (SSSR count). The Morgan fingerprint density at radius 3 is 1.77 bits per heavy atom. The average Bonchev–Trinajstić information content (AvgIpc) is 2.78. The van der Waals surface area contributed by atoms with E-state index in [1.165, 1.54) is 6.07 Å². The molecule has 156 valence electrons. The monoisotopic (exact) mass is 406 g/mol. The Labute approximate surface area is 175 Å². The molecule has 1 aliphatic carbocycles. The highest BCUT2D eigenvalue weighted by atomic mass is 16.4. The number of hydrogen-bond acceptors (Lipinski definition) is 5. The summed E-state index contributed by atoms with van der Waals surface area (Å²) in [5.41, 5.74) is 0.994. The summed E-state index contributed by atoms with van der Waals surface area (Å²) in [6.07, 6.45) is -2.84. The lowest BCUT2D eigenvalue weighted by Crippen LogP contribution is -2.54. The van der Waals surface area contributed by atoms with E-state index in [0.717, 1.165) is 11.1 Å². The molecule has 1 fully saturated rings. The number of aliphatic hydroxyl groups is 3. The van der Waals surface area contributed by atoms with Gasteiger partial charge in [-0.3, -0.25) is 0 Å². The van der Waals surface area contributed by atoms with E-state index in [4.69, 9.17) is 0 Å². The molecule has 3 aromatic rings. The van der Waals surface area contributed by atoms with E-state index in [1.807, 2.05) is 60.7 Å². The topological polar surface area (TPSA) is 101 Å². The van der Waals surface area contributed by atoms with Gasteiger partial charge in [-0.05, 0) is 30.0 Å². The van der Waals surface area contributed by atoms with E-state index < -0.39 is 29.6 Å². The second-order valence-electron chi connectivity index (χ2n) is 7.95. The number of benzene rings is 3. The van der Waals surface area contributed by atoms with Gasteiger partial charge < -0.3 is 25.5 Å². The van der Waals surface area contributed by atoms with Gasteiger partial charge >= 0.3 is 0 Å². The molecule has 0 spiro atoms. The van der Waals surface area contributed by atoms with Crippen LogP contribution in [0.25, 0.3) is 0 Å². The van der Waals surface area contributed by atoms with Crippen LogP contribution in [0.3, 0.4) is 0 Å². The van der Waals surface area contributed by atoms with Crippen LogP contribution >= 0.6 is 0 Å². The van der Waals surface area contributed by atoms with Gasteiger partial charge in [0.1, 0.15) is 6.10 Å². The lowest BCUT2D eigenvalue weighted by molar-refractivity contribution is -0.119. The standard InChI is InChI=1S/C25H26O5/c26-20-13-7-12-18(22(20)28)25(16-8-3-1-4-9-16,17-10-5-2-6-11-17)19-14-15-21(27)24(30)23(19)29/h1-13,19,21,23-24,26-30H,14-15H2/t19-,21+,23-,24+/m0/s1. The Balaban J connectivity index is 2.09. The molecule has 1 aliphatic rings. The van der Waals surface area contributed by atoms with E-state index in [1.54, 1.807) is 12.1 Å². The van der Waals surface area contributed by atoms with E-state index >= 15 is 0 Å². The number of phenols is 2. The predicted octanol–water partition coefficient (Wildman–Crippen LogP) is 2.92. The summed E-state index contributed by atoms with van der Waals surface area (Å²) in [5, 5.41) is 53.1. The highest BCUT2D eigenvalue weighted by Gasteiger charge is 2.52. The van der Waals surface area contributed by atoms with Gasteiger partial charge in [-0.15, -0.1) is 0 Å². The molecular weight excluding hydrogens is 380 g/mol. The van der Waals surface area contributed by atoms with Crippen LogP contribution in [0.1, 0.15) is 29.5 Å². The highest BCUT2D eigenvalue weighted by molar-refractivity contribution is 5.59. The van der Waals surface area contributed by atoms with Crippen LogP contribution < -0.4 is 0 Å². The van der Waals surface area contributed by atoms with Gasteiger partial charge in [-0.1, -0.05) is 72.8 Å². The maximum atomic E-state index is 11.1. The van der Waals surface area contributed by atoms with Gasteiger partial charge in [-0.2, -0.15) is 0 Å². The zero-order valence-corrected chi connectivity index (χ0v) is 16.5. The SMILES string of the molecule is Oc1cccc(C(c2ccccc2)(c2ccccc2)[C@H]2CC[C@@H](O)[C@@H](O)[C@H]2O)c1O. The number of phenolic OH excluding ortho intramolecular Hbond substituents is 2. The number of para-hydroxylation sites is 1. The van der Waals surface area contributed by atoms with Crippen molar-refractivity contribution in [1.29, 1.82) is 0 Å². The van der Waals surface area contributed by atoms with Crippen molar-refractivity contribution in [3.05, 3.63) is 95.6 Å². The van der Waals surface area contributed by atoms with E-state index in [2.05, 4.69) is 0 Å². The summed E-state index contributed by atoms with van der Waals surface area (Å²) in [5.74, 6) is -1.08. The fourth-order valence-electron chi connectivity index (χ4n) is 4.99. The van der Waals surface area contributed by atoms with Crippen molar-refractivity contribution in [2.24, 2.45) is 5.92 Å². The highest BCUT2D eigenvalue weighted by Crippen LogP contribution is 2.53. The van der Waals surface area contributed by atoms with Crippen LogP contribution in [0, 0.1) is 5.92 Å². The molecule has 0 amide bonds. The van der Waals surface area contributed by atoms with Crippen LogP contribution in [-0.4, -0.2) is 43.8 Å². The maximum absolute atomic E-state index is 11.1. The zero-order valence-electron chi connectivity index (χ0n) is 16.5. The second kappa shape index (κ2) is 8.11. The van der Waals surface area contributed by atoms with E-state index in [0.29, 0.717) is 18.4 Å². The van der Waals surface area contributed by atoms with Gasteiger partial charge in [0, 0.05) is 11.5 Å². The Bertz CT molecular complexity index is 949. The molecule has 1 saturated carbocycles. The zero-order chi connectivity index (χ0) is 21.3. The minimum Gasteiger partial charge on any atom is -0.504 e. The average molecular weight is 406 g/mol. The normalized spacial score (nSPS) is 24.5. The van der Waals surface area contributed by atoms with Gasteiger partial charge in [0.15, 0.2) is 11.5 Å². The van der Waals surface area contributed by atoms with Crippen LogP contribution in [-0.2, 0) is 5.41 Å². The third-order valence-corrected chi connectivity index (χ3v) is 6.38. The summed E-state index contributed by atoms with van der Waals surface area (Å²) in [6.45, 7) is 0. The fourth-order valence-corrected chi connectivity index (χ4v) is 4.99. The quantitative estimate of drug-likeness (QED) is 0.339. The Morgan fingerprint density at radius 2 is 1.20 bits per heavy atom. The van der Waals surface area contributed by atoms with Crippen molar-refractivity contribution in [3.63, 3.8) is 0 Å². The minimum absolute atomic E-state index is 0.255. The van der Waals surface area contributed by atoms with Crippen molar-refractivity contribution in [2.75, 3.05) is 0 Å². The summed E-state index contributed by atoms with van der Waals surface area (Å²) in [6, 6.07) is 23.8. The van der Waals surface area contributed by atoms with Crippen LogP contribution in [0.4, 0.5) is 0 Å². The Hall–Kier alpha value is -2.86. The summed E-state index contributed by atoms with van der Waals surface area (Å²) >= 11 is 0. The number of aliphatic hydroxyl groups excluding tert-OH is 3. The molecule has 0 aromatic heterocycles. The van der Waals surface area contributed by atoms with Gasteiger partial charge in [-0.25, -0.2) is 0 Å². The number of hydrogen-bond donors (Lipinski definition) is 5. The number of rotatable bonds is 4. The van der Waals surface area contributed by atoms with E-state index in [-0.39, 0.29) is 11.5 Å². The van der Waals surface area contributed by atoms with Gasteiger partial charge in [0.05, 0.1) is 17.6 Å². The molecule has 0 saturated heterocycles. The van der Waals surface area contributed by atoms with E-state index in [9.17, 15) is 25.5 Å². The minimum atomic E-state index is -1.31. The van der Waals surface area contributed by atoms with Crippen molar-refractivity contribution in [1.82, 2.24) is 0 Å². The van der Waals surface area contributed by atoms with Gasteiger partial charge in [0.25, 0.3) is 0 Å². The maximum Gasteiger partial charge on any atom is 0.161 e. The van der Waals surface area contributed by atoms with Crippen LogP contribution in [0.15, 0.2) is 78.9 Å². The molecule has 4 atom stereocenters. The molecule has 30 heavy (non-hydrogen) atoms. The first kappa shape index (κ1) is 20.4. The molecule has 0 bridgehead atoms. The van der Waals surface area contributed by atoms with Crippen molar-refractivity contribution < 1.29 is 25.5 Å². The first-order valence-corrected chi connectivity index (χ1v) is 10.1. The first-order valence-electron chi connectivity index (χ1n) is 10.1. The van der Waals surface area contributed by atoms with Crippen LogP contribution in [0.5, 0.6) is 11.5 Å². The molecule has 3 aromatic carbocycles. The third kappa shape index (κ3) is 3.16. The Kier molecular flexibility index (Phi) is 5.52. The molecule has 0 heterocycles. The number of aromatic hydroxyl groups is 2. The molecule has 5 nitrogen and oxygen atoms in total. The molecule has 5 heteroatoms. The largest absolute Gasteiger partial charge is 0.504 e. The predicted molar refractivity (Wildman–Crippen MR) is 113 cm³/mol. The Morgan fingerprint density at radius 1 is 0.633 bits per heavy atom. The first-order chi connectivity index (χ1) is 14.5. The van der Waals surface area contributed by atoms with Crippen LogP contribution in [0.2, 0.25) is 0 Å².